The van der Waals surface area contributed by atoms with Crippen LogP contribution in [0.4, 0.5) is 4.79 Å². The van der Waals surface area contributed by atoms with Crippen LogP contribution in [0.5, 0.6) is 0 Å². The second-order valence-electron chi connectivity index (χ2n) is 6.16. The second kappa shape index (κ2) is 8.65. The molecule has 0 atom stereocenters. The summed E-state index contributed by atoms with van der Waals surface area (Å²) in [7, 11) is 1.57. The van der Waals surface area contributed by atoms with E-state index in [0.717, 1.165) is 13.1 Å². The Morgan fingerprint density at radius 3 is 1.96 bits per heavy atom. The minimum atomic E-state index is -0.0579. The molecule has 2 aromatic carbocycles. The van der Waals surface area contributed by atoms with Crippen molar-refractivity contribution in [3.05, 3.63) is 71.8 Å². The fourth-order valence-corrected chi connectivity index (χ4v) is 3.31. The smallest absolute Gasteiger partial charge is 0.319 e. The summed E-state index contributed by atoms with van der Waals surface area (Å²) in [6, 6.07) is 21.3. The van der Waals surface area contributed by atoms with Gasteiger partial charge in [-0.3, -0.25) is 4.90 Å². The standard InChI is InChI=1S/C20H25N3O2/c1-25-16-21-20(24)23-14-12-22(13-15-23)19(17-8-4-2-5-9-17)18-10-6-3-7-11-18/h2-11,19H,12-16H2,1H3,(H,21,24). The predicted octanol–water partition coefficient (Wildman–Crippen LogP) is 2.71. The van der Waals surface area contributed by atoms with E-state index in [1.165, 1.54) is 11.1 Å². The van der Waals surface area contributed by atoms with Gasteiger partial charge in [0.1, 0.15) is 6.73 Å². The first-order chi connectivity index (χ1) is 12.3. The lowest BCUT2D eigenvalue weighted by atomic mass is 9.96. The molecule has 1 saturated heterocycles. The Labute approximate surface area is 149 Å². The molecule has 1 fully saturated rings. The maximum atomic E-state index is 12.1. The number of ether oxygens (including phenoxy) is 1. The summed E-state index contributed by atoms with van der Waals surface area (Å²) < 4.78 is 4.91. The molecule has 0 aromatic heterocycles. The average molecular weight is 339 g/mol. The zero-order valence-electron chi connectivity index (χ0n) is 14.6. The van der Waals surface area contributed by atoms with Crippen molar-refractivity contribution >= 4 is 6.03 Å². The van der Waals surface area contributed by atoms with Crippen molar-refractivity contribution in [3.63, 3.8) is 0 Å². The summed E-state index contributed by atoms with van der Waals surface area (Å²) >= 11 is 0. The molecular weight excluding hydrogens is 314 g/mol. The first kappa shape index (κ1) is 17.5. The molecule has 3 rings (SSSR count). The Kier molecular flexibility index (Phi) is 6.04. The lowest BCUT2D eigenvalue weighted by molar-refractivity contribution is 0.110. The molecule has 2 aromatic rings. The van der Waals surface area contributed by atoms with Gasteiger partial charge >= 0.3 is 6.03 Å². The summed E-state index contributed by atoms with van der Waals surface area (Å²) in [5.74, 6) is 0. The van der Waals surface area contributed by atoms with Crippen LogP contribution in [0.25, 0.3) is 0 Å². The zero-order chi connectivity index (χ0) is 17.5. The first-order valence-electron chi connectivity index (χ1n) is 8.65. The number of carbonyl (C=O) groups is 1. The summed E-state index contributed by atoms with van der Waals surface area (Å²) in [6.45, 7) is 3.36. The zero-order valence-corrected chi connectivity index (χ0v) is 14.6. The lowest BCUT2D eigenvalue weighted by Crippen LogP contribution is -2.52. The van der Waals surface area contributed by atoms with E-state index in [9.17, 15) is 4.79 Å². The Bertz CT molecular complexity index is 616. The number of benzene rings is 2. The van der Waals surface area contributed by atoms with Gasteiger partial charge in [0.25, 0.3) is 0 Å². The highest BCUT2D eigenvalue weighted by Gasteiger charge is 2.27. The van der Waals surface area contributed by atoms with Crippen molar-refractivity contribution in [1.29, 1.82) is 0 Å². The number of urea groups is 1. The van der Waals surface area contributed by atoms with E-state index in [0.29, 0.717) is 13.1 Å². The lowest BCUT2D eigenvalue weighted by Gasteiger charge is -2.39. The van der Waals surface area contributed by atoms with Crippen LogP contribution in [0.1, 0.15) is 17.2 Å². The number of hydrogen-bond donors (Lipinski definition) is 1. The molecule has 0 saturated carbocycles. The average Bonchev–Trinajstić information content (AvgIpc) is 2.68. The van der Waals surface area contributed by atoms with Crippen LogP contribution in [-0.2, 0) is 4.74 Å². The number of hydrogen-bond acceptors (Lipinski definition) is 3. The molecule has 132 valence electrons. The molecule has 2 amide bonds. The van der Waals surface area contributed by atoms with Crippen molar-refractivity contribution in [3.8, 4) is 0 Å². The Morgan fingerprint density at radius 2 is 1.48 bits per heavy atom. The molecule has 1 aliphatic rings. The quantitative estimate of drug-likeness (QED) is 0.852. The van der Waals surface area contributed by atoms with E-state index in [-0.39, 0.29) is 18.8 Å². The van der Waals surface area contributed by atoms with Gasteiger partial charge in [0.05, 0.1) is 6.04 Å². The van der Waals surface area contributed by atoms with Crippen molar-refractivity contribution < 1.29 is 9.53 Å². The number of piperazine rings is 1. The van der Waals surface area contributed by atoms with Crippen LogP contribution in [-0.4, -0.2) is 55.9 Å². The third kappa shape index (κ3) is 4.38. The molecule has 5 nitrogen and oxygen atoms in total. The minimum Gasteiger partial charge on any atom is -0.364 e. The Morgan fingerprint density at radius 1 is 0.960 bits per heavy atom. The first-order valence-corrected chi connectivity index (χ1v) is 8.65. The van der Waals surface area contributed by atoms with Crippen LogP contribution in [0.15, 0.2) is 60.7 Å². The van der Waals surface area contributed by atoms with Gasteiger partial charge in [-0.25, -0.2) is 4.79 Å². The van der Waals surface area contributed by atoms with Crippen LogP contribution in [0.2, 0.25) is 0 Å². The van der Waals surface area contributed by atoms with Crippen molar-refractivity contribution in [1.82, 2.24) is 15.1 Å². The molecule has 1 aliphatic heterocycles. The third-order valence-corrected chi connectivity index (χ3v) is 4.56. The Hall–Kier alpha value is -2.37. The van der Waals surface area contributed by atoms with Crippen LogP contribution in [0, 0.1) is 0 Å². The fraction of sp³-hybridized carbons (Fsp3) is 0.350. The molecule has 1 N–H and O–H groups in total. The predicted molar refractivity (Wildman–Crippen MR) is 98.3 cm³/mol. The maximum Gasteiger partial charge on any atom is 0.319 e. The highest BCUT2D eigenvalue weighted by atomic mass is 16.5. The second-order valence-corrected chi connectivity index (χ2v) is 6.16. The SMILES string of the molecule is COCNC(=O)N1CCN(C(c2ccccc2)c2ccccc2)CC1. The van der Waals surface area contributed by atoms with Gasteiger partial charge in [0.15, 0.2) is 0 Å². The van der Waals surface area contributed by atoms with Crippen molar-refractivity contribution in [2.45, 2.75) is 6.04 Å². The van der Waals surface area contributed by atoms with Gasteiger partial charge in [0.2, 0.25) is 0 Å². The maximum absolute atomic E-state index is 12.1. The molecule has 1 heterocycles. The molecular formula is C20H25N3O2. The summed E-state index contributed by atoms with van der Waals surface area (Å²) in [5.41, 5.74) is 2.57. The van der Waals surface area contributed by atoms with Gasteiger partial charge in [-0.05, 0) is 11.1 Å². The third-order valence-electron chi connectivity index (χ3n) is 4.56. The molecule has 0 bridgehead atoms. The molecule has 0 spiro atoms. The fourth-order valence-electron chi connectivity index (χ4n) is 3.31. The van der Waals surface area contributed by atoms with E-state index in [2.05, 4.69) is 58.7 Å². The molecule has 5 heteroatoms. The summed E-state index contributed by atoms with van der Waals surface area (Å²) in [6.07, 6.45) is 0. The monoisotopic (exact) mass is 339 g/mol. The molecule has 0 radical (unpaired) electrons. The van der Waals surface area contributed by atoms with E-state index in [4.69, 9.17) is 4.74 Å². The van der Waals surface area contributed by atoms with Crippen LogP contribution >= 0.6 is 0 Å². The van der Waals surface area contributed by atoms with E-state index >= 15 is 0 Å². The van der Waals surface area contributed by atoms with Crippen LogP contribution < -0.4 is 5.32 Å². The highest BCUT2D eigenvalue weighted by molar-refractivity contribution is 5.74. The van der Waals surface area contributed by atoms with Gasteiger partial charge in [-0.1, -0.05) is 60.7 Å². The highest BCUT2D eigenvalue weighted by Crippen LogP contribution is 2.29. The number of nitrogens with one attached hydrogen (secondary N) is 1. The van der Waals surface area contributed by atoms with Gasteiger partial charge in [0, 0.05) is 33.3 Å². The van der Waals surface area contributed by atoms with E-state index < -0.39 is 0 Å². The summed E-state index contributed by atoms with van der Waals surface area (Å²) in [5, 5.41) is 2.76. The number of nitrogens with zero attached hydrogens (tertiary/aromatic N) is 2. The molecule has 0 aliphatic carbocycles. The Balaban J connectivity index is 1.72. The normalized spacial score (nSPS) is 15.4. The minimum absolute atomic E-state index is 0.0579. The van der Waals surface area contributed by atoms with E-state index in [1.54, 1.807) is 7.11 Å². The molecule has 25 heavy (non-hydrogen) atoms. The number of methoxy groups -OCH3 is 1. The topological polar surface area (TPSA) is 44.8 Å². The number of carbonyl (C=O) groups excluding carboxylic acids is 1. The van der Waals surface area contributed by atoms with Crippen molar-refractivity contribution in [2.75, 3.05) is 40.0 Å². The number of rotatable bonds is 5. The van der Waals surface area contributed by atoms with Crippen LogP contribution in [0.3, 0.4) is 0 Å². The van der Waals surface area contributed by atoms with Gasteiger partial charge in [-0.2, -0.15) is 0 Å². The van der Waals surface area contributed by atoms with Crippen molar-refractivity contribution in [2.24, 2.45) is 0 Å². The summed E-state index contributed by atoms with van der Waals surface area (Å²) in [4.78, 5) is 16.4. The van der Waals surface area contributed by atoms with Gasteiger partial charge in [-0.15, -0.1) is 0 Å². The largest absolute Gasteiger partial charge is 0.364 e. The molecule has 0 unspecified atom stereocenters. The number of amides is 2. The van der Waals surface area contributed by atoms with E-state index in [1.807, 2.05) is 17.0 Å². The van der Waals surface area contributed by atoms with Gasteiger partial charge < -0.3 is 15.0 Å².